The van der Waals surface area contributed by atoms with Crippen LogP contribution in [-0.2, 0) is 9.53 Å². The second-order valence-corrected chi connectivity index (χ2v) is 8.07. The number of carbonyl (C=O) groups excluding carboxylic acids is 1. The molecule has 1 aliphatic rings. The molecule has 1 amide bonds. The van der Waals surface area contributed by atoms with Gasteiger partial charge in [0.15, 0.2) is 0 Å². The van der Waals surface area contributed by atoms with Crippen LogP contribution >= 0.6 is 0 Å². The van der Waals surface area contributed by atoms with Crippen molar-refractivity contribution in [2.75, 3.05) is 18.5 Å². The number of alkyl carbamates (subject to hydrolysis) is 1. The number of carboxylic acids is 1. The van der Waals surface area contributed by atoms with E-state index in [0.29, 0.717) is 25.3 Å². The molecule has 0 fully saturated rings. The van der Waals surface area contributed by atoms with E-state index in [1.807, 2.05) is 36.4 Å². The number of aromatic amines is 1. The van der Waals surface area contributed by atoms with Gasteiger partial charge in [-0.1, -0.05) is 48.5 Å². The van der Waals surface area contributed by atoms with Gasteiger partial charge in [-0.25, -0.2) is 14.6 Å². The Balaban J connectivity index is 1.26. The van der Waals surface area contributed by atoms with Crippen LogP contribution in [-0.4, -0.2) is 46.3 Å². The topological polar surface area (TPSA) is 133 Å². The Hall–Kier alpha value is -4.14. The second kappa shape index (κ2) is 10.7. The summed E-state index contributed by atoms with van der Waals surface area (Å²) in [4.78, 5) is 41.8. The van der Waals surface area contributed by atoms with E-state index in [1.54, 1.807) is 0 Å². The second-order valence-electron chi connectivity index (χ2n) is 8.07. The van der Waals surface area contributed by atoms with Crippen LogP contribution in [0.1, 0.15) is 36.3 Å². The molecule has 0 aliphatic heterocycles. The Kier molecular flexibility index (Phi) is 7.22. The fraction of sp³-hybridized carbons (Fsp3) is 0.280. The van der Waals surface area contributed by atoms with E-state index in [4.69, 9.17) is 4.74 Å². The van der Waals surface area contributed by atoms with Crippen molar-refractivity contribution in [1.29, 1.82) is 0 Å². The average molecular weight is 463 g/mol. The fourth-order valence-corrected chi connectivity index (χ4v) is 4.18. The zero-order valence-electron chi connectivity index (χ0n) is 18.5. The number of H-pyrrole nitrogens is 1. The Morgan fingerprint density at radius 1 is 1.03 bits per heavy atom. The van der Waals surface area contributed by atoms with E-state index in [0.717, 1.165) is 22.3 Å². The molecule has 1 heterocycles. The largest absolute Gasteiger partial charge is 0.480 e. The molecule has 0 bridgehead atoms. The molecule has 176 valence electrons. The summed E-state index contributed by atoms with van der Waals surface area (Å²) in [6.07, 6.45) is 2.08. The number of aliphatic carboxylic acids is 1. The number of anilines is 1. The van der Waals surface area contributed by atoms with Gasteiger partial charge in [0, 0.05) is 24.7 Å². The number of ether oxygens (including phenoxy) is 1. The number of amides is 1. The molecule has 1 aliphatic carbocycles. The van der Waals surface area contributed by atoms with Crippen LogP contribution in [0, 0.1) is 0 Å². The maximum Gasteiger partial charge on any atom is 0.407 e. The minimum absolute atomic E-state index is 0.0921. The maximum atomic E-state index is 12.4. The molecule has 4 N–H and O–H groups in total. The van der Waals surface area contributed by atoms with Crippen molar-refractivity contribution in [3.05, 3.63) is 82.3 Å². The number of unbranched alkanes of at least 4 members (excludes halogenated alkanes) is 1. The SMILES string of the molecule is O=C(N[C@@H](CCCCNc1nccc(=O)[nH]1)C(=O)O)OCC1c2ccccc2-c2ccccc21. The molecule has 9 heteroatoms. The van der Waals surface area contributed by atoms with Gasteiger partial charge in [-0.2, -0.15) is 0 Å². The van der Waals surface area contributed by atoms with Crippen LogP contribution in [0.15, 0.2) is 65.6 Å². The number of benzene rings is 2. The third-order valence-electron chi connectivity index (χ3n) is 5.82. The monoisotopic (exact) mass is 462 g/mol. The van der Waals surface area contributed by atoms with Crippen molar-refractivity contribution >= 4 is 18.0 Å². The third-order valence-corrected chi connectivity index (χ3v) is 5.82. The van der Waals surface area contributed by atoms with E-state index in [1.165, 1.54) is 12.3 Å². The first kappa shape index (κ1) is 23.0. The minimum atomic E-state index is -1.12. The number of aromatic nitrogens is 2. The molecule has 0 spiro atoms. The first-order valence-corrected chi connectivity index (χ1v) is 11.2. The molecular weight excluding hydrogens is 436 g/mol. The molecule has 1 atom stereocenters. The Morgan fingerprint density at radius 2 is 1.71 bits per heavy atom. The smallest absolute Gasteiger partial charge is 0.407 e. The Morgan fingerprint density at radius 3 is 2.35 bits per heavy atom. The highest BCUT2D eigenvalue weighted by Crippen LogP contribution is 2.44. The highest BCUT2D eigenvalue weighted by Gasteiger charge is 2.29. The van der Waals surface area contributed by atoms with Gasteiger partial charge in [-0.3, -0.25) is 9.78 Å². The number of fused-ring (bicyclic) bond motifs is 3. The van der Waals surface area contributed by atoms with E-state index < -0.39 is 18.1 Å². The number of hydrogen-bond donors (Lipinski definition) is 4. The van der Waals surface area contributed by atoms with Crippen molar-refractivity contribution in [3.8, 4) is 11.1 Å². The first-order valence-electron chi connectivity index (χ1n) is 11.2. The van der Waals surface area contributed by atoms with Gasteiger partial charge >= 0.3 is 12.1 Å². The molecule has 4 rings (SSSR count). The van der Waals surface area contributed by atoms with Crippen molar-refractivity contribution < 1.29 is 19.4 Å². The molecule has 3 aromatic rings. The van der Waals surface area contributed by atoms with Gasteiger partial charge < -0.3 is 20.5 Å². The van der Waals surface area contributed by atoms with Crippen molar-refractivity contribution in [2.45, 2.75) is 31.2 Å². The zero-order valence-corrected chi connectivity index (χ0v) is 18.5. The molecule has 1 aromatic heterocycles. The van der Waals surface area contributed by atoms with Gasteiger partial charge in [0.05, 0.1) is 0 Å². The molecule has 0 saturated carbocycles. The molecule has 0 radical (unpaired) electrons. The molecular formula is C25H26N4O5. The molecule has 0 unspecified atom stereocenters. The summed E-state index contributed by atoms with van der Waals surface area (Å²) in [5, 5.41) is 14.9. The van der Waals surface area contributed by atoms with Crippen molar-refractivity contribution in [3.63, 3.8) is 0 Å². The predicted octanol–water partition coefficient (Wildman–Crippen LogP) is 3.34. The van der Waals surface area contributed by atoms with E-state index in [9.17, 15) is 19.5 Å². The summed E-state index contributed by atoms with van der Waals surface area (Å²) in [5.74, 6) is -0.847. The van der Waals surface area contributed by atoms with Crippen LogP contribution in [0.4, 0.5) is 10.7 Å². The average Bonchev–Trinajstić information content (AvgIpc) is 3.15. The normalized spacial score (nSPS) is 12.9. The van der Waals surface area contributed by atoms with E-state index in [2.05, 4.69) is 32.7 Å². The van der Waals surface area contributed by atoms with Crippen molar-refractivity contribution in [1.82, 2.24) is 15.3 Å². The number of carboxylic acid groups (broad SMARTS) is 1. The summed E-state index contributed by atoms with van der Waals surface area (Å²) in [7, 11) is 0. The minimum Gasteiger partial charge on any atom is -0.480 e. The Bertz CT molecular complexity index is 1180. The highest BCUT2D eigenvalue weighted by molar-refractivity contribution is 5.81. The lowest BCUT2D eigenvalue weighted by molar-refractivity contribution is -0.139. The molecule has 0 saturated heterocycles. The van der Waals surface area contributed by atoms with E-state index >= 15 is 0 Å². The number of hydrogen-bond acceptors (Lipinski definition) is 6. The third kappa shape index (κ3) is 5.43. The van der Waals surface area contributed by atoms with Gasteiger partial charge in [0.1, 0.15) is 12.6 Å². The van der Waals surface area contributed by atoms with E-state index in [-0.39, 0.29) is 24.5 Å². The first-order chi connectivity index (χ1) is 16.5. The quantitative estimate of drug-likeness (QED) is 0.340. The zero-order chi connectivity index (χ0) is 23.9. The van der Waals surface area contributed by atoms with Gasteiger partial charge in [0.2, 0.25) is 5.95 Å². The summed E-state index contributed by atoms with van der Waals surface area (Å²) < 4.78 is 5.45. The van der Waals surface area contributed by atoms with Crippen LogP contribution in [0.2, 0.25) is 0 Å². The van der Waals surface area contributed by atoms with Crippen LogP contribution in [0.3, 0.4) is 0 Å². The summed E-state index contributed by atoms with van der Waals surface area (Å²) in [5.41, 5.74) is 4.18. The predicted molar refractivity (Wildman–Crippen MR) is 127 cm³/mol. The highest BCUT2D eigenvalue weighted by atomic mass is 16.5. The summed E-state index contributed by atoms with van der Waals surface area (Å²) in [6, 6.07) is 16.3. The summed E-state index contributed by atoms with van der Waals surface area (Å²) in [6.45, 7) is 0.628. The maximum absolute atomic E-state index is 12.4. The number of rotatable bonds is 10. The van der Waals surface area contributed by atoms with Crippen molar-refractivity contribution in [2.24, 2.45) is 0 Å². The number of carbonyl (C=O) groups is 2. The van der Waals surface area contributed by atoms with Gasteiger partial charge in [0.25, 0.3) is 5.56 Å². The van der Waals surface area contributed by atoms with Crippen LogP contribution < -0.4 is 16.2 Å². The van der Waals surface area contributed by atoms with Gasteiger partial charge in [-0.15, -0.1) is 0 Å². The van der Waals surface area contributed by atoms with Gasteiger partial charge in [-0.05, 0) is 41.5 Å². The summed E-state index contributed by atoms with van der Waals surface area (Å²) >= 11 is 0. The lowest BCUT2D eigenvalue weighted by Gasteiger charge is -2.17. The van der Waals surface area contributed by atoms with Crippen LogP contribution in [0.25, 0.3) is 11.1 Å². The Labute approximate surface area is 196 Å². The lowest BCUT2D eigenvalue weighted by atomic mass is 9.98. The fourth-order valence-electron chi connectivity index (χ4n) is 4.18. The number of nitrogens with one attached hydrogen (secondary N) is 3. The molecule has 34 heavy (non-hydrogen) atoms. The lowest BCUT2D eigenvalue weighted by Crippen LogP contribution is -2.41. The number of nitrogens with zero attached hydrogens (tertiary/aromatic N) is 1. The molecule has 2 aromatic carbocycles. The standard InChI is InChI=1S/C25H26N4O5/c30-22-12-14-27-24(29-22)26-13-6-5-11-21(23(31)32)28-25(33)34-15-20-18-9-3-1-7-16(18)17-8-2-4-10-19(17)20/h1-4,7-10,12,14,20-21H,5-6,11,13,15H2,(H,28,33)(H,31,32)(H2,26,27,29,30)/t21-/m0/s1. The molecule has 9 nitrogen and oxygen atoms in total. The van der Waals surface area contributed by atoms with Crippen LogP contribution in [0.5, 0.6) is 0 Å².